The van der Waals surface area contributed by atoms with Crippen LogP contribution in [-0.2, 0) is 20.9 Å². The summed E-state index contributed by atoms with van der Waals surface area (Å²) in [6, 6.07) is 20.5. The van der Waals surface area contributed by atoms with Gasteiger partial charge in [-0.3, -0.25) is 9.78 Å². The molecule has 0 N–H and O–H groups in total. The molecule has 0 saturated heterocycles. The fourth-order valence-electron chi connectivity index (χ4n) is 6.19. The summed E-state index contributed by atoms with van der Waals surface area (Å²) >= 11 is 11.5. The monoisotopic (exact) mass is 637 g/mol. The van der Waals surface area contributed by atoms with Crippen molar-refractivity contribution in [3.8, 4) is 11.5 Å². The third-order valence-corrected chi connectivity index (χ3v) is 8.50. The number of pyridine rings is 1. The Hall–Kier alpha value is -3.35. The van der Waals surface area contributed by atoms with Gasteiger partial charge in [0.05, 0.1) is 11.5 Å². The van der Waals surface area contributed by atoms with Gasteiger partial charge in [-0.25, -0.2) is 4.79 Å². The Balaban J connectivity index is 0.000000215. The SMILES string of the molecule is CC1(C)C(C=C(Cl)Cl)C1C(=O)OCc1cccc(Oc2ccccc2)c1.C[C@@H]1C[C@@H](OC(=O)c2cccnc2)CC(C)(C)C1. The number of hydrogen-bond donors (Lipinski definition) is 0. The van der Waals surface area contributed by atoms with E-state index in [9.17, 15) is 9.59 Å². The molecule has 0 bridgehead atoms. The first-order valence-electron chi connectivity index (χ1n) is 15.0. The maximum absolute atomic E-state index is 12.4. The Morgan fingerprint density at radius 1 is 0.955 bits per heavy atom. The van der Waals surface area contributed by atoms with E-state index in [1.165, 1.54) is 6.42 Å². The number of ether oxygens (including phenoxy) is 3. The number of rotatable bonds is 8. The Bertz CT molecular complexity index is 1440. The third-order valence-electron chi connectivity index (χ3n) is 8.25. The van der Waals surface area contributed by atoms with Crippen molar-refractivity contribution in [1.82, 2.24) is 4.98 Å². The summed E-state index contributed by atoms with van der Waals surface area (Å²) in [6.07, 6.45) is 8.08. The van der Waals surface area contributed by atoms with Gasteiger partial charge in [0, 0.05) is 12.4 Å². The maximum atomic E-state index is 12.4. The number of carbonyl (C=O) groups excluding carboxylic acids is 2. The van der Waals surface area contributed by atoms with Crippen LogP contribution in [0.4, 0.5) is 0 Å². The van der Waals surface area contributed by atoms with Crippen LogP contribution in [0.15, 0.2) is 89.7 Å². The van der Waals surface area contributed by atoms with Crippen molar-refractivity contribution in [2.24, 2.45) is 28.6 Å². The van der Waals surface area contributed by atoms with Gasteiger partial charge in [-0.2, -0.15) is 0 Å². The van der Waals surface area contributed by atoms with Gasteiger partial charge in [-0.15, -0.1) is 0 Å². The number of halogens is 2. The molecule has 2 saturated carbocycles. The highest BCUT2D eigenvalue weighted by Gasteiger charge is 2.61. The van der Waals surface area contributed by atoms with Gasteiger partial charge in [-0.1, -0.05) is 88.2 Å². The zero-order valence-corrected chi connectivity index (χ0v) is 27.5. The standard InChI is InChI=1S/C21H20Cl2O3.C15H21NO2/c1-21(2)17(12-18(22)23)19(21)20(24)25-13-14-7-6-10-16(11-14)26-15-8-4-3-5-9-15;1-11-7-13(9-15(2,3)8-11)18-14(17)12-5-4-6-16-10-12/h3-12,17,19H,13H2,1-2H3;4-6,10-11,13H,7-9H2,1-3H3/t;11-,13-/m.1/s1. The minimum Gasteiger partial charge on any atom is -0.461 e. The molecule has 44 heavy (non-hydrogen) atoms. The molecule has 2 unspecified atom stereocenters. The van der Waals surface area contributed by atoms with Crippen LogP contribution in [0, 0.1) is 28.6 Å². The predicted molar refractivity (Wildman–Crippen MR) is 174 cm³/mol. The van der Waals surface area contributed by atoms with E-state index in [1.807, 2.05) is 68.4 Å². The van der Waals surface area contributed by atoms with Crippen LogP contribution >= 0.6 is 23.2 Å². The lowest BCUT2D eigenvalue weighted by Crippen LogP contribution is -2.34. The molecule has 1 heterocycles. The smallest absolute Gasteiger partial charge is 0.339 e. The zero-order chi connectivity index (χ0) is 31.9. The van der Waals surface area contributed by atoms with Crippen LogP contribution < -0.4 is 4.74 Å². The molecule has 8 heteroatoms. The molecule has 2 aliphatic rings. The number of nitrogens with zero attached hydrogens (tertiary/aromatic N) is 1. The van der Waals surface area contributed by atoms with E-state index in [1.54, 1.807) is 30.6 Å². The average molecular weight is 639 g/mol. The van der Waals surface area contributed by atoms with Crippen LogP contribution in [-0.4, -0.2) is 23.0 Å². The molecule has 1 aromatic heterocycles. The number of aromatic nitrogens is 1. The summed E-state index contributed by atoms with van der Waals surface area (Å²) in [4.78, 5) is 28.3. The molecule has 0 amide bonds. The lowest BCUT2D eigenvalue weighted by Gasteiger charge is -2.38. The highest BCUT2D eigenvalue weighted by molar-refractivity contribution is 6.55. The number of hydrogen-bond acceptors (Lipinski definition) is 6. The molecule has 234 valence electrons. The molecule has 0 aliphatic heterocycles. The molecule has 2 fully saturated rings. The van der Waals surface area contributed by atoms with Crippen LogP contribution in [0.2, 0.25) is 0 Å². The second kappa shape index (κ2) is 14.6. The van der Waals surface area contributed by atoms with Crippen molar-refractivity contribution in [2.45, 2.75) is 66.6 Å². The molecule has 0 spiro atoms. The summed E-state index contributed by atoms with van der Waals surface area (Å²) < 4.78 is 17.1. The summed E-state index contributed by atoms with van der Waals surface area (Å²) in [6.45, 7) is 10.9. The van der Waals surface area contributed by atoms with Gasteiger partial charge in [-0.05, 0) is 90.0 Å². The van der Waals surface area contributed by atoms with Gasteiger partial charge in [0.25, 0.3) is 0 Å². The molecular formula is C36H41Cl2NO5. The lowest BCUT2D eigenvalue weighted by molar-refractivity contribution is -0.147. The first-order valence-corrected chi connectivity index (χ1v) is 15.7. The molecule has 3 aromatic rings. The Kier molecular flexibility index (Phi) is 11.1. The largest absolute Gasteiger partial charge is 0.461 e. The van der Waals surface area contributed by atoms with Gasteiger partial charge < -0.3 is 14.2 Å². The number of esters is 2. The molecule has 5 rings (SSSR count). The summed E-state index contributed by atoms with van der Waals surface area (Å²) in [5.41, 5.74) is 1.48. The Morgan fingerprint density at radius 3 is 2.34 bits per heavy atom. The van der Waals surface area contributed by atoms with E-state index < -0.39 is 0 Å². The second-order valence-electron chi connectivity index (χ2n) is 13.1. The van der Waals surface area contributed by atoms with Crippen molar-refractivity contribution in [3.63, 3.8) is 0 Å². The van der Waals surface area contributed by atoms with Gasteiger partial charge in [0.2, 0.25) is 0 Å². The van der Waals surface area contributed by atoms with Crippen LogP contribution in [0.3, 0.4) is 0 Å². The Labute approximate surface area is 270 Å². The highest BCUT2D eigenvalue weighted by atomic mass is 35.5. The lowest BCUT2D eigenvalue weighted by atomic mass is 9.71. The van der Waals surface area contributed by atoms with E-state index in [2.05, 4.69) is 25.8 Å². The fourth-order valence-corrected chi connectivity index (χ4v) is 6.46. The fraction of sp³-hybridized carbons (Fsp3) is 0.417. The van der Waals surface area contributed by atoms with Gasteiger partial charge in [0.15, 0.2) is 0 Å². The summed E-state index contributed by atoms with van der Waals surface area (Å²) in [5, 5.41) is 0. The van der Waals surface area contributed by atoms with E-state index in [0.29, 0.717) is 17.2 Å². The van der Waals surface area contributed by atoms with E-state index >= 15 is 0 Å². The highest BCUT2D eigenvalue weighted by Crippen LogP contribution is 2.60. The number of para-hydroxylation sites is 1. The normalized spacial score (nSPS) is 22.8. The Morgan fingerprint density at radius 2 is 1.68 bits per heavy atom. The van der Waals surface area contributed by atoms with Gasteiger partial charge >= 0.3 is 11.9 Å². The molecular weight excluding hydrogens is 597 g/mol. The molecule has 4 atom stereocenters. The van der Waals surface area contributed by atoms with Gasteiger partial charge in [0.1, 0.15) is 28.7 Å². The second-order valence-corrected chi connectivity index (χ2v) is 14.1. The van der Waals surface area contributed by atoms with Crippen LogP contribution in [0.1, 0.15) is 69.8 Å². The number of allylic oxidation sites excluding steroid dienone is 1. The van der Waals surface area contributed by atoms with Crippen LogP contribution in [0.5, 0.6) is 11.5 Å². The summed E-state index contributed by atoms with van der Waals surface area (Å²) in [7, 11) is 0. The summed E-state index contributed by atoms with van der Waals surface area (Å²) in [5.74, 6) is 1.37. The molecule has 0 radical (unpaired) electrons. The zero-order valence-electron chi connectivity index (χ0n) is 26.0. The first kappa shape index (κ1) is 33.5. The third kappa shape index (κ3) is 9.57. The number of carbonyl (C=O) groups is 2. The van der Waals surface area contributed by atoms with Crippen molar-refractivity contribution in [2.75, 3.05) is 0 Å². The molecule has 6 nitrogen and oxygen atoms in total. The maximum Gasteiger partial charge on any atom is 0.339 e. The molecule has 2 aliphatic carbocycles. The topological polar surface area (TPSA) is 74.7 Å². The first-order chi connectivity index (χ1) is 20.8. The van der Waals surface area contributed by atoms with E-state index in [0.717, 1.165) is 24.2 Å². The predicted octanol–water partition coefficient (Wildman–Crippen LogP) is 9.57. The average Bonchev–Trinajstić information content (AvgIpc) is 3.50. The van der Waals surface area contributed by atoms with Crippen molar-refractivity contribution < 1.29 is 23.8 Å². The van der Waals surface area contributed by atoms with Crippen molar-refractivity contribution >= 4 is 35.1 Å². The van der Waals surface area contributed by atoms with E-state index in [-0.39, 0.29) is 51.8 Å². The minimum atomic E-state index is -0.252. The molecule has 2 aromatic carbocycles. The van der Waals surface area contributed by atoms with Crippen molar-refractivity contribution in [1.29, 1.82) is 0 Å². The number of benzene rings is 2. The quantitative estimate of drug-likeness (QED) is 0.229. The van der Waals surface area contributed by atoms with Crippen LogP contribution in [0.25, 0.3) is 0 Å². The van der Waals surface area contributed by atoms with E-state index in [4.69, 9.17) is 37.4 Å². The van der Waals surface area contributed by atoms with Crippen molar-refractivity contribution in [3.05, 3.63) is 101 Å². The minimum absolute atomic E-state index is 0.00717.